The van der Waals surface area contributed by atoms with E-state index in [0.29, 0.717) is 16.4 Å². The van der Waals surface area contributed by atoms with Gasteiger partial charge in [0.05, 0.1) is 19.0 Å². The number of thiazole rings is 1. The largest absolute Gasteiger partial charge is 0.497 e. The summed E-state index contributed by atoms with van der Waals surface area (Å²) in [5, 5.41) is 6.80. The molecular formula is C21H24N4O2S. The molecule has 0 saturated heterocycles. The summed E-state index contributed by atoms with van der Waals surface area (Å²) < 4.78 is 5.16. The summed E-state index contributed by atoms with van der Waals surface area (Å²) in [6.07, 6.45) is 1.60. The van der Waals surface area contributed by atoms with Crippen LogP contribution in [0.15, 0.2) is 52.9 Å². The smallest absolute Gasteiger partial charge is 0.203 e. The first-order valence-electron chi connectivity index (χ1n) is 8.86. The first kappa shape index (κ1) is 21.1. The van der Waals surface area contributed by atoms with E-state index in [4.69, 9.17) is 10.5 Å². The van der Waals surface area contributed by atoms with Crippen molar-refractivity contribution < 1.29 is 9.53 Å². The maximum absolute atomic E-state index is 11.3. The van der Waals surface area contributed by atoms with Crippen LogP contribution in [0.25, 0.3) is 11.3 Å². The Kier molecular flexibility index (Phi) is 7.71. The van der Waals surface area contributed by atoms with Crippen LogP contribution in [0.5, 0.6) is 5.75 Å². The van der Waals surface area contributed by atoms with Crippen molar-refractivity contribution in [2.75, 3.05) is 18.3 Å². The van der Waals surface area contributed by atoms with Crippen molar-refractivity contribution in [2.45, 2.75) is 20.8 Å². The van der Waals surface area contributed by atoms with E-state index >= 15 is 0 Å². The van der Waals surface area contributed by atoms with Crippen LogP contribution in [0.3, 0.4) is 0 Å². The maximum Gasteiger partial charge on any atom is 0.203 e. The fourth-order valence-electron chi connectivity index (χ4n) is 2.29. The van der Waals surface area contributed by atoms with E-state index < -0.39 is 0 Å². The second-order valence-corrected chi connectivity index (χ2v) is 6.39. The molecule has 0 fully saturated rings. The molecule has 7 heteroatoms. The summed E-state index contributed by atoms with van der Waals surface area (Å²) in [6, 6.07) is 12.8. The van der Waals surface area contributed by atoms with Gasteiger partial charge in [0.2, 0.25) is 5.13 Å². The number of nitrogen functional groups attached to an aromatic ring is 1. The lowest BCUT2D eigenvalue weighted by Gasteiger charge is -2.02. The maximum atomic E-state index is 11.3. The molecule has 0 saturated carbocycles. The minimum Gasteiger partial charge on any atom is -0.497 e. The molecule has 3 N–H and O–H groups in total. The fourth-order valence-corrected chi connectivity index (χ4v) is 2.96. The van der Waals surface area contributed by atoms with Gasteiger partial charge in [-0.15, -0.1) is 11.3 Å². The Bertz CT molecular complexity index is 949. The molecule has 0 atom stereocenters. The van der Waals surface area contributed by atoms with Gasteiger partial charge in [-0.3, -0.25) is 10.2 Å². The van der Waals surface area contributed by atoms with Crippen molar-refractivity contribution in [1.82, 2.24) is 4.98 Å². The zero-order valence-corrected chi connectivity index (χ0v) is 17.2. The number of hydrogen-bond donors (Lipinski definition) is 2. The Morgan fingerprint density at radius 3 is 2.54 bits per heavy atom. The van der Waals surface area contributed by atoms with E-state index in [1.165, 1.54) is 18.3 Å². The Morgan fingerprint density at radius 2 is 1.93 bits per heavy atom. The number of anilines is 2. The highest BCUT2D eigenvalue weighted by atomic mass is 32.1. The number of benzene rings is 2. The minimum atomic E-state index is -0.0211. The Balaban J connectivity index is 0.00000136. The van der Waals surface area contributed by atoms with Crippen LogP contribution in [0.4, 0.5) is 10.8 Å². The van der Waals surface area contributed by atoms with E-state index in [1.807, 2.05) is 43.5 Å². The van der Waals surface area contributed by atoms with Gasteiger partial charge in [-0.1, -0.05) is 26.0 Å². The third-order valence-electron chi connectivity index (χ3n) is 3.75. The average Bonchev–Trinajstić information content (AvgIpc) is 3.19. The molecule has 2 aromatic carbocycles. The summed E-state index contributed by atoms with van der Waals surface area (Å²) in [5.41, 5.74) is 12.5. The average molecular weight is 397 g/mol. The molecule has 28 heavy (non-hydrogen) atoms. The third-order valence-corrected chi connectivity index (χ3v) is 4.49. The highest BCUT2D eigenvalue weighted by Crippen LogP contribution is 2.26. The lowest BCUT2D eigenvalue weighted by atomic mass is 10.1. The Morgan fingerprint density at radius 1 is 1.21 bits per heavy atom. The normalized spacial score (nSPS) is 10.3. The number of aromatic nitrogens is 1. The van der Waals surface area contributed by atoms with Crippen LogP contribution in [0, 0.1) is 0 Å². The molecule has 0 bridgehead atoms. The van der Waals surface area contributed by atoms with E-state index in [0.717, 1.165) is 22.6 Å². The SMILES string of the molecule is CC.COc1ccc(-c2csc(N/N=C/c3ccc(C(C)=O)cc3N)n2)cc1. The van der Waals surface area contributed by atoms with E-state index in [9.17, 15) is 4.79 Å². The molecule has 0 aliphatic rings. The number of methoxy groups -OCH3 is 1. The lowest BCUT2D eigenvalue weighted by Crippen LogP contribution is -1.99. The zero-order valence-electron chi connectivity index (χ0n) is 16.4. The van der Waals surface area contributed by atoms with Gasteiger partial charge in [0.1, 0.15) is 5.75 Å². The van der Waals surface area contributed by atoms with Gasteiger partial charge in [-0.25, -0.2) is 4.98 Å². The number of Topliss-reactive ketones (excluding diaryl/α,β-unsaturated/α-hetero) is 1. The highest BCUT2D eigenvalue weighted by molar-refractivity contribution is 7.14. The Labute approximate surface area is 169 Å². The van der Waals surface area contributed by atoms with Crippen molar-refractivity contribution in [3.8, 4) is 17.0 Å². The monoisotopic (exact) mass is 396 g/mol. The molecule has 0 aliphatic heterocycles. The number of nitrogens with zero attached hydrogens (tertiary/aromatic N) is 2. The highest BCUT2D eigenvalue weighted by Gasteiger charge is 2.05. The molecule has 0 unspecified atom stereocenters. The van der Waals surface area contributed by atoms with Crippen LogP contribution in [-0.2, 0) is 0 Å². The van der Waals surface area contributed by atoms with Gasteiger partial charge in [0.15, 0.2) is 5.78 Å². The number of hydrazone groups is 1. The van der Waals surface area contributed by atoms with Crippen molar-refractivity contribution in [2.24, 2.45) is 5.10 Å². The molecule has 3 aromatic rings. The van der Waals surface area contributed by atoms with Gasteiger partial charge < -0.3 is 10.5 Å². The number of nitrogens with one attached hydrogen (secondary N) is 1. The summed E-state index contributed by atoms with van der Waals surface area (Å²) in [4.78, 5) is 15.9. The van der Waals surface area contributed by atoms with Crippen molar-refractivity contribution >= 4 is 34.2 Å². The van der Waals surface area contributed by atoms with Crippen LogP contribution in [-0.4, -0.2) is 24.1 Å². The second kappa shape index (κ2) is 10.2. The summed E-state index contributed by atoms with van der Waals surface area (Å²) in [6.45, 7) is 5.51. The van der Waals surface area contributed by atoms with Crippen molar-refractivity contribution in [1.29, 1.82) is 0 Å². The molecule has 6 nitrogen and oxygen atoms in total. The van der Waals surface area contributed by atoms with E-state index in [1.54, 1.807) is 31.5 Å². The Hall–Kier alpha value is -3.19. The molecule has 146 valence electrons. The van der Waals surface area contributed by atoms with Crippen LogP contribution in [0.2, 0.25) is 0 Å². The topological polar surface area (TPSA) is 89.6 Å². The molecule has 0 aliphatic carbocycles. The molecule has 3 rings (SSSR count). The summed E-state index contributed by atoms with van der Waals surface area (Å²) in [5.74, 6) is 0.785. The summed E-state index contributed by atoms with van der Waals surface area (Å²) >= 11 is 1.46. The van der Waals surface area contributed by atoms with Crippen molar-refractivity contribution in [3.05, 3.63) is 59.0 Å². The molecular weight excluding hydrogens is 372 g/mol. The van der Waals surface area contributed by atoms with E-state index in [-0.39, 0.29) is 5.78 Å². The van der Waals surface area contributed by atoms with Gasteiger partial charge in [-0.05, 0) is 37.3 Å². The lowest BCUT2D eigenvalue weighted by molar-refractivity contribution is 0.101. The first-order chi connectivity index (χ1) is 13.6. The van der Waals surface area contributed by atoms with Gasteiger partial charge in [0.25, 0.3) is 0 Å². The predicted octanol–water partition coefficient (Wildman–Crippen LogP) is 5.08. The number of rotatable bonds is 6. The second-order valence-electron chi connectivity index (χ2n) is 5.54. The standard InChI is InChI=1S/C19H18N4O2S.C2H6/c1-12(24)14-3-4-15(17(20)9-14)10-21-23-19-22-18(11-26-19)13-5-7-16(25-2)8-6-13;1-2/h3-11H,20H2,1-2H3,(H,22,23);1-2H3/b21-10+;. The number of hydrogen-bond acceptors (Lipinski definition) is 7. The molecule has 1 aromatic heterocycles. The molecule has 0 amide bonds. The number of carbonyl (C=O) groups is 1. The molecule has 0 radical (unpaired) electrons. The van der Waals surface area contributed by atoms with Crippen LogP contribution >= 0.6 is 11.3 Å². The van der Waals surface area contributed by atoms with Crippen LogP contribution in [0.1, 0.15) is 36.7 Å². The summed E-state index contributed by atoms with van der Waals surface area (Å²) in [7, 11) is 1.64. The number of ether oxygens (including phenoxy) is 1. The predicted molar refractivity (Wildman–Crippen MR) is 118 cm³/mol. The number of carbonyl (C=O) groups excluding carboxylic acids is 1. The van der Waals surface area contributed by atoms with E-state index in [2.05, 4.69) is 15.5 Å². The number of ketones is 1. The molecule has 1 heterocycles. The quantitative estimate of drug-likeness (QED) is 0.263. The van der Waals surface area contributed by atoms with Gasteiger partial charge >= 0.3 is 0 Å². The minimum absolute atomic E-state index is 0.0211. The van der Waals surface area contributed by atoms with Gasteiger partial charge in [0, 0.05) is 27.8 Å². The number of nitrogens with two attached hydrogens (primary N) is 1. The first-order valence-corrected chi connectivity index (χ1v) is 9.74. The van der Waals surface area contributed by atoms with Crippen LogP contribution < -0.4 is 15.9 Å². The van der Waals surface area contributed by atoms with Crippen molar-refractivity contribution in [3.63, 3.8) is 0 Å². The fraction of sp³-hybridized carbons (Fsp3) is 0.190. The third kappa shape index (κ3) is 5.40. The molecule has 0 spiro atoms. The zero-order chi connectivity index (χ0) is 20.5. The van der Waals surface area contributed by atoms with Gasteiger partial charge in [-0.2, -0.15) is 5.10 Å².